The van der Waals surface area contributed by atoms with Crippen LogP contribution in [0.1, 0.15) is 22.3 Å². The van der Waals surface area contributed by atoms with Crippen molar-refractivity contribution in [2.45, 2.75) is 19.4 Å². The first-order chi connectivity index (χ1) is 9.44. The van der Waals surface area contributed by atoms with Gasteiger partial charge in [0, 0.05) is 25.1 Å². The predicted molar refractivity (Wildman–Crippen MR) is 79.0 cm³/mol. The summed E-state index contributed by atoms with van der Waals surface area (Å²) in [7, 11) is -1.44. The zero-order valence-corrected chi connectivity index (χ0v) is 13.3. The van der Waals surface area contributed by atoms with Crippen LogP contribution in [0.2, 0.25) is 0 Å². The molecule has 1 saturated heterocycles. The Morgan fingerprint density at radius 2 is 2.25 bits per heavy atom. The summed E-state index contributed by atoms with van der Waals surface area (Å²) in [6.07, 6.45) is 0.515. The van der Waals surface area contributed by atoms with Crippen molar-refractivity contribution in [3.8, 4) is 0 Å². The van der Waals surface area contributed by atoms with Gasteiger partial charge in [-0.05, 0) is 24.3 Å². The third kappa shape index (κ3) is 3.39. The molecule has 2 heterocycles. The topological polar surface area (TPSA) is 63.7 Å². The van der Waals surface area contributed by atoms with Crippen LogP contribution in [0.4, 0.5) is 0 Å². The van der Waals surface area contributed by atoms with E-state index in [9.17, 15) is 13.2 Å². The maximum absolute atomic E-state index is 12.6. The monoisotopic (exact) mass is 317 g/mol. The molecule has 0 aromatic carbocycles. The van der Waals surface area contributed by atoms with Crippen molar-refractivity contribution in [1.82, 2.24) is 4.90 Å². The minimum Gasteiger partial charge on any atom is -0.383 e. The van der Waals surface area contributed by atoms with Gasteiger partial charge in [0.1, 0.15) is 0 Å². The Morgan fingerprint density at radius 3 is 2.75 bits per heavy atom. The first kappa shape index (κ1) is 15.5. The van der Waals surface area contributed by atoms with Crippen LogP contribution in [0.15, 0.2) is 10.8 Å². The second kappa shape index (κ2) is 6.24. The molecule has 0 N–H and O–H groups in total. The molecule has 0 spiro atoms. The molecule has 1 aromatic heterocycles. The largest absolute Gasteiger partial charge is 0.383 e. The Bertz CT molecular complexity index is 579. The first-order valence-electron chi connectivity index (χ1n) is 6.48. The van der Waals surface area contributed by atoms with Gasteiger partial charge in [0.25, 0.3) is 5.91 Å². The SMILES string of the molecule is COCCN(C(=O)c1cscc1C)C1CCS(=O)(=O)C1. The van der Waals surface area contributed by atoms with E-state index < -0.39 is 9.84 Å². The molecule has 2 rings (SSSR count). The lowest BCUT2D eigenvalue weighted by molar-refractivity contribution is 0.0624. The molecular weight excluding hydrogens is 298 g/mol. The van der Waals surface area contributed by atoms with E-state index in [-0.39, 0.29) is 23.5 Å². The van der Waals surface area contributed by atoms with Crippen molar-refractivity contribution in [2.75, 3.05) is 31.8 Å². The van der Waals surface area contributed by atoms with E-state index in [0.717, 1.165) is 5.56 Å². The smallest absolute Gasteiger partial charge is 0.255 e. The maximum Gasteiger partial charge on any atom is 0.255 e. The maximum atomic E-state index is 12.6. The molecule has 0 aliphatic carbocycles. The summed E-state index contributed by atoms with van der Waals surface area (Å²) in [5.74, 6) is 0.130. The molecule has 0 saturated carbocycles. The van der Waals surface area contributed by atoms with E-state index in [4.69, 9.17) is 4.74 Å². The van der Waals surface area contributed by atoms with Gasteiger partial charge in [-0.2, -0.15) is 11.3 Å². The highest BCUT2D eigenvalue weighted by Crippen LogP contribution is 2.22. The number of rotatable bonds is 5. The van der Waals surface area contributed by atoms with Gasteiger partial charge < -0.3 is 9.64 Å². The highest BCUT2D eigenvalue weighted by molar-refractivity contribution is 7.91. The zero-order valence-electron chi connectivity index (χ0n) is 11.7. The number of methoxy groups -OCH3 is 1. The second-order valence-electron chi connectivity index (χ2n) is 5.02. The molecule has 7 heteroatoms. The summed E-state index contributed by atoms with van der Waals surface area (Å²) < 4.78 is 28.3. The Kier molecular flexibility index (Phi) is 4.82. The number of aryl methyl sites for hydroxylation is 1. The molecule has 1 aliphatic heterocycles. The van der Waals surface area contributed by atoms with E-state index in [1.54, 1.807) is 12.0 Å². The van der Waals surface area contributed by atoms with Crippen LogP contribution in [0.5, 0.6) is 0 Å². The van der Waals surface area contributed by atoms with Crippen LogP contribution >= 0.6 is 11.3 Å². The molecule has 20 heavy (non-hydrogen) atoms. The second-order valence-corrected chi connectivity index (χ2v) is 7.99. The molecule has 1 fully saturated rings. The quantitative estimate of drug-likeness (QED) is 0.822. The average molecular weight is 317 g/mol. The lowest BCUT2D eigenvalue weighted by Gasteiger charge is -2.28. The summed E-state index contributed by atoms with van der Waals surface area (Å²) in [4.78, 5) is 14.3. The average Bonchev–Trinajstić information content (AvgIpc) is 2.95. The molecule has 0 bridgehead atoms. The number of amides is 1. The molecule has 1 aromatic rings. The highest BCUT2D eigenvalue weighted by Gasteiger charge is 2.35. The van der Waals surface area contributed by atoms with Crippen molar-refractivity contribution in [3.63, 3.8) is 0 Å². The molecular formula is C13H19NO4S2. The van der Waals surface area contributed by atoms with Crippen molar-refractivity contribution >= 4 is 27.1 Å². The number of hydrogen-bond donors (Lipinski definition) is 0. The lowest BCUT2D eigenvalue weighted by Crippen LogP contribution is -2.43. The van der Waals surface area contributed by atoms with E-state index in [2.05, 4.69) is 0 Å². The zero-order chi connectivity index (χ0) is 14.8. The third-order valence-electron chi connectivity index (χ3n) is 3.53. The summed E-state index contributed by atoms with van der Waals surface area (Å²) in [5, 5.41) is 3.74. The van der Waals surface area contributed by atoms with Crippen LogP contribution in [0.25, 0.3) is 0 Å². The molecule has 1 unspecified atom stereocenters. The van der Waals surface area contributed by atoms with E-state index in [1.165, 1.54) is 11.3 Å². The molecule has 1 aliphatic rings. The van der Waals surface area contributed by atoms with Gasteiger partial charge in [-0.15, -0.1) is 0 Å². The van der Waals surface area contributed by atoms with E-state index in [1.807, 2.05) is 17.7 Å². The van der Waals surface area contributed by atoms with Gasteiger partial charge in [-0.25, -0.2) is 8.42 Å². The normalized spacial score (nSPS) is 21.0. The van der Waals surface area contributed by atoms with E-state index >= 15 is 0 Å². The Morgan fingerprint density at radius 1 is 1.50 bits per heavy atom. The molecule has 0 radical (unpaired) electrons. The summed E-state index contributed by atoms with van der Waals surface area (Å²) in [5.41, 5.74) is 1.60. The van der Waals surface area contributed by atoms with Crippen LogP contribution in [0, 0.1) is 6.92 Å². The van der Waals surface area contributed by atoms with Gasteiger partial charge in [0.05, 0.1) is 23.7 Å². The Hall–Kier alpha value is -0.920. The fraction of sp³-hybridized carbons (Fsp3) is 0.615. The van der Waals surface area contributed by atoms with Gasteiger partial charge in [0.2, 0.25) is 0 Å². The molecule has 1 amide bonds. The van der Waals surface area contributed by atoms with Crippen LogP contribution in [0.3, 0.4) is 0 Å². The number of carbonyl (C=O) groups excluding carboxylic acids is 1. The third-order valence-corrected chi connectivity index (χ3v) is 6.14. The van der Waals surface area contributed by atoms with Crippen LogP contribution in [-0.2, 0) is 14.6 Å². The molecule has 112 valence electrons. The highest BCUT2D eigenvalue weighted by atomic mass is 32.2. The summed E-state index contributed by atoms with van der Waals surface area (Å²) in [6.45, 7) is 2.72. The van der Waals surface area contributed by atoms with Crippen molar-refractivity contribution in [3.05, 3.63) is 21.9 Å². The Balaban J connectivity index is 2.20. The van der Waals surface area contributed by atoms with Gasteiger partial charge >= 0.3 is 0 Å². The van der Waals surface area contributed by atoms with Gasteiger partial charge in [-0.3, -0.25) is 4.79 Å². The Labute approximate surface area is 123 Å². The summed E-state index contributed by atoms with van der Waals surface area (Å²) >= 11 is 1.48. The number of hydrogen-bond acceptors (Lipinski definition) is 5. The number of carbonyl (C=O) groups is 1. The number of nitrogens with zero attached hydrogens (tertiary/aromatic N) is 1. The van der Waals surface area contributed by atoms with Crippen molar-refractivity contribution in [1.29, 1.82) is 0 Å². The number of sulfone groups is 1. The van der Waals surface area contributed by atoms with Crippen LogP contribution in [-0.4, -0.2) is 57.0 Å². The standard InChI is InChI=1S/C13H19NO4S2/c1-10-7-19-8-12(10)13(15)14(4-5-18-2)11-3-6-20(16,17)9-11/h7-8,11H,3-6,9H2,1-2H3. The minimum absolute atomic E-state index is 0.0611. The van der Waals surface area contributed by atoms with Gasteiger partial charge in [0.15, 0.2) is 9.84 Å². The van der Waals surface area contributed by atoms with E-state index in [0.29, 0.717) is 25.1 Å². The fourth-order valence-electron chi connectivity index (χ4n) is 2.40. The molecule has 5 nitrogen and oxygen atoms in total. The lowest BCUT2D eigenvalue weighted by atomic mass is 10.1. The predicted octanol–water partition coefficient (Wildman–Crippen LogP) is 1.33. The first-order valence-corrected chi connectivity index (χ1v) is 9.24. The fourth-order valence-corrected chi connectivity index (χ4v) is 4.95. The number of ether oxygens (including phenoxy) is 1. The van der Waals surface area contributed by atoms with Crippen molar-refractivity contribution < 1.29 is 17.9 Å². The van der Waals surface area contributed by atoms with Crippen molar-refractivity contribution in [2.24, 2.45) is 0 Å². The number of thiophene rings is 1. The van der Waals surface area contributed by atoms with Crippen LogP contribution < -0.4 is 0 Å². The van der Waals surface area contributed by atoms with Gasteiger partial charge in [-0.1, -0.05) is 0 Å². The summed E-state index contributed by atoms with van der Waals surface area (Å²) in [6, 6.07) is -0.234. The molecule has 1 atom stereocenters. The minimum atomic E-state index is -3.01.